The molecular weight excluding hydrogens is 959 g/mol. The number of anilines is 2. The van der Waals surface area contributed by atoms with E-state index in [1.54, 1.807) is 0 Å². The van der Waals surface area contributed by atoms with Crippen molar-refractivity contribution in [1.82, 2.24) is 0 Å². The van der Waals surface area contributed by atoms with Gasteiger partial charge in [-0.1, -0.05) is 212 Å². The van der Waals surface area contributed by atoms with Gasteiger partial charge in [-0.05, 0) is 155 Å². The van der Waals surface area contributed by atoms with Crippen LogP contribution in [-0.4, -0.2) is 6.54 Å². The van der Waals surface area contributed by atoms with Crippen LogP contribution >= 0.6 is 0 Å². The first-order valence-electron chi connectivity index (χ1n) is 27.8. The molecule has 0 fully saturated rings. The monoisotopic (exact) mass is 1020 g/mol. The number of hydrogen-bond acceptors (Lipinski definition) is 3. The van der Waals surface area contributed by atoms with Gasteiger partial charge in [0.15, 0.2) is 0 Å². The lowest BCUT2D eigenvalue weighted by molar-refractivity contribution is 0.650. The maximum absolute atomic E-state index is 6.98. The number of allylic oxidation sites excluding steroid dienone is 4. The first kappa shape index (κ1) is 47.1. The number of nitrogens with zero attached hydrogens (tertiary/aromatic N) is 1. The fourth-order valence-electron chi connectivity index (χ4n) is 14.0. The van der Waals surface area contributed by atoms with E-state index < -0.39 is 0 Å². The van der Waals surface area contributed by atoms with E-state index in [0.29, 0.717) is 6.54 Å². The quantitative estimate of drug-likeness (QED) is 0.135. The molecule has 0 spiro atoms. The Hall–Kier alpha value is -9.18. The molecule has 380 valence electrons. The molecular formula is C76H59NO2. The van der Waals surface area contributed by atoms with Crippen LogP contribution in [-0.2, 0) is 16.2 Å². The maximum Gasteiger partial charge on any atom is 0.143 e. The molecule has 3 nitrogen and oxygen atoms in total. The van der Waals surface area contributed by atoms with Gasteiger partial charge in [0.05, 0.1) is 0 Å². The average molecular weight is 1020 g/mol. The number of furan rings is 2. The third kappa shape index (κ3) is 6.91. The van der Waals surface area contributed by atoms with E-state index in [9.17, 15) is 0 Å². The zero-order valence-electron chi connectivity index (χ0n) is 45.5. The summed E-state index contributed by atoms with van der Waals surface area (Å²) >= 11 is 0. The molecule has 2 heterocycles. The van der Waals surface area contributed by atoms with Crippen LogP contribution in [0.1, 0.15) is 80.5 Å². The third-order valence-electron chi connectivity index (χ3n) is 18.1. The Morgan fingerprint density at radius 2 is 0.962 bits per heavy atom. The van der Waals surface area contributed by atoms with Crippen LogP contribution in [0, 0.1) is 0 Å². The first-order valence-corrected chi connectivity index (χ1v) is 27.8. The summed E-state index contributed by atoms with van der Waals surface area (Å²) in [6.45, 7) is 19.5. The molecule has 79 heavy (non-hydrogen) atoms. The van der Waals surface area contributed by atoms with Gasteiger partial charge in [0.25, 0.3) is 0 Å². The van der Waals surface area contributed by atoms with Gasteiger partial charge in [0, 0.05) is 61.3 Å². The van der Waals surface area contributed by atoms with Gasteiger partial charge in [0.2, 0.25) is 0 Å². The molecule has 2 aromatic heterocycles. The second kappa shape index (κ2) is 17.2. The van der Waals surface area contributed by atoms with Crippen molar-refractivity contribution in [3.05, 3.63) is 270 Å². The number of rotatable bonds is 9. The van der Waals surface area contributed by atoms with E-state index in [0.717, 1.165) is 61.4 Å². The highest BCUT2D eigenvalue weighted by Crippen LogP contribution is 2.60. The number of hydrogen-bond donors (Lipinski definition) is 0. The highest BCUT2D eigenvalue weighted by molar-refractivity contribution is 6.20. The Labute approximate surface area is 462 Å². The van der Waals surface area contributed by atoms with Crippen LogP contribution in [0.5, 0.6) is 0 Å². The van der Waals surface area contributed by atoms with Crippen LogP contribution in [0.15, 0.2) is 240 Å². The van der Waals surface area contributed by atoms with Crippen molar-refractivity contribution in [1.29, 1.82) is 0 Å². The summed E-state index contributed by atoms with van der Waals surface area (Å²) in [4.78, 5) is 2.50. The van der Waals surface area contributed by atoms with Gasteiger partial charge >= 0.3 is 0 Å². The Morgan fingerprint density at radius 3 is 1.71 bits per heavy atom. The molecule has 0 amide bonds. The molecule has 15 rings (SSSR count). The van der Waals surface area contributed by atoms with Crippen molar-refractivity contribution >= 4 is 60.8 Å². The lowest BCUT2D eigenvalue weighted by Gasteiger charge is -2.29. The molecule has 0 saturated heterocycles. The highest BCUT2D eigenvalue weighted by atomic mass is 16.3. The van der Waals surface area contributed by atoms with Gasteiger partial charge in [0.1, 0.15) is 22.3 Å². The summed E-state index contributed by atoms with van der Waals surface area (Å²) in [7, 11) is 0. The van der Waals surface area contributed by atoms with E-state index in [4.69, 9.17) is 8.83 Å². The lowest BCUT2D eigenvalue weighted by Crippen LogP contribution is -2.21. The predicted molar refractivity (Wildman–Crippen MR) is 332 cm³/mol. The van der Waals surface area contributed by atoms with Gasteiger partial charge in [-0.15, -0.1) is 0 Å². The van der Waals surface area contributed by atoms with Crippen molar-refractivity contribution in [2.75, 3.05) is 11.4 Å². The molecule has 0 aliphatic heterocycles. The number of benzene rings is 10. The van der Waals surface area contributed by atoms with Crippen LogP contribution in [0.3, 0.4) is 0 Å². The maximum atomic E-state index is 6.98. The molecule has 0 N–H and O–H groups in total. The molecule has 3 heteroatoms. The first-order chi connectivity index (χ1) is 38.4. The summed E-state index contributed by atoms with van der Waals surface area (Å²) in [6.07, 6.45) is 8.66. The van der Waals surface area contributed by atoms with Crippen LogP contribution in [0.4, 0.5) is 11.4 Å². The van der Waals surface area contributed by atoms with E-state index >= 15 is 0 Å². The van der Waals surface area contributed by atoms with Crippen molar-refractivity contribution in [3.63, 3.8) is 0 Å². The topological polar surface area (TPSA) is 29.5 Å². The molecule has 12 aromatic rings. The standard InChI is InChI=1S/C76H59NO2/c1-46(47-24-12-8-13-25-47)23-11-10-22-40-77(49-34-36-53-57-43-64-59(45-63(57)75(4,5)61(53)41-49)70-60(74(64,2)3)38-39-68-71(70)55-30-18-20-32-66(55)78-68)50-35-37-54-62(42-50)76(6,7)65-44-58(52-29-17-16-28-51(52)48-26-14-9-15-27-48)73-72(69(54)65)56-31-19-21-33-67(56)79-73/h8-39,41-45H,1,40H2,2-7H3/b22-10-,23-11-. The van der Waals surface area contributed by atoms with Crippen molar-refractivity contribution in [2.24, 2.45) is 0 Å². The summed E-state index contributed by atoms with van der Waals surface area (Å²) in [5.74, 6) is 0. The molecule has 3 aliphatic carbocycles. The molecule has 0 radical (unpaired) electrons. The van der Waals surface area contributed by atoms with E-state index in [2.05, 4.69) is 271 Å². The minimum absolute atomic E-state index is 0.185. The van der Waals surface area contributed by atoms with Gasteiger partial charge in [-0.3, -0.25) is 0 Å². The van der Waals surface area contributed by atoms with Crippen molar-refractivity contribution < 1.29 is 8.83 Å². The van der Waals surface area contributed by atoms with Gasteiger partial charge < -0.3 is 13.7 Å². The molecule has 0 saturated carbocycles. The second-order valence-electron chi connectivity index (χ2n) is 23.6. The number of para-hydroxylation sites is 2. The van der Waals surface area contributed by atoms with E-state index in [1.807, 2.05) is 6.07 Å². The Kier molecular flexibility index (Phi) is 10.2. The molecule has 0 unspecified atom stereocenters. The molecule has 10 aromatic carbocycles. The predicted octanol–water partition coefficient (Wildman–Crippen LogP) is 20.7. The largest absolute Gasteiger partial charge is 0.456 e. The minimum atomic E-state index is -0.339. The highest BCUT2D eigenvalue weighted by Gasteiger charge is 2.44. The van der Waals surface area contributed by atoms with E-state index in [-0.39, 0.29) is 16.2 Å². The Balaban J connectivity index is 0.863. The normalized spacial score (nSPS) is 15.0. The summed E-state index contributed by atoms with van der Waals surface area (Å²) in [5, 5.41) is 4.71. The lowest BCUT2D eigenvalue weighted by atomic mass is 9.79. The zero-order chi connectivity index (χ0) is 53.5. The van der Waals surface area contributed by atoms with Crippen molar-refractivity contribution in [3.8, 4) is 55.6 Å². The van der Waals surface area contributed by atoms with Gasteiger partial charge in [-0.25, -0.2) is 0 Å². The smallest absolute Gasteiger partial charge is 0.143 e. The average Bonchev–Trinajstić information content (AvgIpc) is 2.36. The van der Waals surface area contributed by atoms with Crippen LogP contribution in [0.2, 0.25) is 0 Å². The Bertz CT molecular complexity index is 4610. The summed E-state index contributed by atoms with van der Waals surface area (Å²) in [5.41, 5.74) is 27.8. The zero-order valence-corrected chi connectivity index (χ0v) is 45.5. The molecule has 0 bridgehead atoms. The second-order valence-corrected chi connectivity index (χ2v) is 23.6. The Morgan fingerprint density at radius 1 is 0.418 bits per heavy atom. The van der Waals surface area contributed by atoms with Crippen molar-refractivity contribution in [2.45, 2.75) is 57.8 Å². The minimum Gasteiger partial charge on any atom is -0.456 e. The summed E-state index contributed by atoms with van der Waals surface area (Å²) < 4.78 is 13.5. The molecule has 3 aliphatic rings. The van der Waals surface area contributed by atoms with Crippen LogP contribution < -0.4 is 4.90 Å². The molecule has 0 atom stereocenters. The number of fused-ring (bicyclic) bond motifs is 17. The third-order valence-corrected chi connectivity index (χ3v) is 18.1. The van der Waals surface area contributed by atoms with E-state index in [1.165, 1.54) is 94.0 Å². The summed E-state index contributed by atoms with van der Waals surface area (Å²) in [6, 6.07) is 73.3. The van der Waals surface area contributed by atoms with Crippen LogP contribution in [0.25, 0.3) is 105 Å². The SMILES string of the molecule is C=C(/C=C\C=C/CN(c1ccc2c(c1)C(C)(C)c1cc3c(cc1-2)C(C)(C)c1ccc2oc4ccccc4c2c1-3)c1ccc2c(c1)C(C)(C)c1cc(-c3ccccc3-c3ccccc3)c3oc4ccccc4c3c1-2)c1ccccc1. The fourth-order valence-corrected chi connectivity index (χ4v) is 14.0. The van der Waals surface area contributed by atoms with Gasteiger partial charge in [-0.2, -0.15) is 0 Å². The fraction of sp³-hybridized carbons (Fsp3) is 0.132.